The molecule has 1 aromatic heterocycles. The van der Waals surface area contributed by atoms with E-state index in [-0.39, 0.29) is 18.5 Å². The lowest BCUT2D eigenvalue weighted by molar-refractivity contribution is -0.150. The van der Waals surface area contributed by atoms with Gasteiger partial charge in [-0.2, -0.15) is 0 Å². The summed E-state index contributed by atoms with van der Waals surface area (Å²) in [7, 11) is 0. The number of aromatic nitrogens is 2. The summed E-state index contributed by atoms with van der Waals surface area (Å²) in [5.41, 5.74) is -1.43. The van der Waals surface area contributed by atoms with Crippen molar-refractivity contribution in [3.05, 3.63) is 68.2 Å². The fourth-order valence-corrected chi connectivity index (χ4v) is 3.11. The van der Waals surface area contributed by atoms with Gasteiger partial charge in [0.15, 0.2) is 0 Å². The van der Waals surface area contributed by atoms with Crippen LogP contribution in [-0.4, -0.2) is 45.3 Å². The number of carbonyl (C=O) groups is 2. The third kappa shape index (κ3) is 4.81. The first kappa shape index (κ1) is 21.4. The van der Waals surface area contributed by atoms with Crippen LogP contribution in [0, 0.1) is 5.82 Å². The van der Waals surface area contributed by atoms with Gasteiger partial charge in [-0.25, -0.2) is 9.18 Å². The molecule has 3 atom stereocenters. The number of aliphatic hydroxyl groups excluding tert-OH is 1. The summed E-state index contributed by atoms with van der Waals surface area (Å²) in [5.74, 6) is -1.74. The number of hydrogen-bond acceptors (Lipinski definition) is 7. The minimum Gasteiger partial charge on any atom is -0.460 e. The Kier molecular flexibility index (Phi) is 6.43. The van der Waals surface area contributed by atoms with Gasteiger partial charge in [-0.15, -0.1) is 0 Å². The van der Waals surface area contributed by atoms with Crippen molar-refractivity contribution in [3.63, 3.8) is 0 Å². The van der Waals surface area contributed by atoms with Crippen LogP contribution < -0.4 is 16.6 Å². The largest absolute Gasteiger partial charge is 0.460 e. The van der Waals surface area contributed by atoms with Crippen molar-refractivity contribution in [2.45, 2.75) is 38.3 Å². The molecule has 1 aliphatic heterocycles. The minimum absolute atomic E-state index is 0.0404. The van der Waals surface area contributed by atoms with E-state index in [0.717, 1.165) is 10.8 Å². The maximum Gasteiger partial charge on any atom is 0.330 e. The Morgan fingerprint density at radius 2 is 2.03 bits per heavy atom. The molecule has 1 unspecified atom stereocenters. The van der Waals surface area contributed by atoms with Crippen molar-refractivity contribution in [1.29, 1.82) is 0 Å². The number of halogens is 1. The van der Waals surface area contributed by atoms with Crippen molar-refractivity contribution >= 4 is 11.9 Å². The zero-order chi connectivity index (χ0) is 21.8. The molecular weight excluding hydrogens is 401 g/mol. The number of esters is 1. The Labute approximate surface area is 169 Å². The zero-order valence-corrected chi connectivity index (χ0v) is 16.0. The highest BCUT2D eigenvalue weighted by atomic mass is 19.1. The first-order chi connectivity index (χ1) is 14.3. The fourth-order valence-electron chi connectivity index (χ4n) is 3.11. The molecule has 10 nitrogen and oxygen atoms in total. The third-order valence-corrected chi connectivity index (χ3v) is 4.57. The molecule has 11 heteroatoms. The number of carbonyl (C=O) groups excluding carboxylic acids is 2. The average Bonchev–Trinajstić information content (AvgIpc) is 3.09. The first-order valence-electron chi connectivity index (χ1n) is 9.10. The van der Waals surface area contributed by atoms with E-state index in [9.17, 15) is 28.7 Å². The monoisotopic (exact) mass is 421 g/mol. The van der Waals surface area contributed by atoms with E-state index < -0.39 is 54.0 Å². The molecule has 160 valence electrons. The molecule has 2 heterocycles. The molecule has 1 aromatic carbocycles. The van der Waals surface area contributed by atoms with Crippen LogP contribution in [0.1, 0.15) is 35.5 Å². The highest BCUT2D eigenvalue weighted by molar-refractivity contribution is 5.93. The maximum absolute atomic E-state index is 13.0. The van der Waals surface area contributed by atoms with Gasteiger partial charge >= 0.3 is 11.7 Å². The van der Waals surface area contributed by atoms with E-state index in [1.165, 1.54) is 31.2 Å². The van der Waals surface area contributed by atoms with Crippen molar-refractivity contribution in [2.24, 2.45) is 0 Å². The number of rotatable bonds is 6. The van der Waals surface area contributed by atoms with E-state index in [1.807, 2.05) is 0 Å². The average molecular weight is 421 g/mol. The van der Waals surface area contributed by atoms with Crippen LogP contribution in [0.5, 0.6) is 0 Å². The molecule has 3 rings (SSSR count). The van der Waals surface area contributed by atoms with Gasteiger partial charge in [0, 0.05) is 26.1 Å². The maximum atomic E-state index is 13.0. The van der Waals surface area contributed by atoms with Crippen LogP contribution in [-0.2, 0) is 20.8 Å². The zero-order valence-electron chi connectivity index (χ0n) is 16.0. The lowest BCUT2D eigenvalue weighted by Gasteiger charge is -2.15. The summed E-state index contributed by atoms with van der Waals surface area (Å²) >= 11 is 0. The van der Waals surface area contributed by atoms with E-state index in [1.54, 1.807) is 0 Å². The number of amides is 1. The summed E-state index contributed by atoms with van der Waals surface area (Å²) in [4.78, 5) is 50.0. The summed E-state index contributed by atoms with van der Waals surface area (Å²) in [6.07, 6.45) is -1.50. The van der Waals surface area contributed by atoms with Crippen molar-refractivity contribution in [2.75, 3.05) is 6.61 Å². The Balaban J connectivity index is 1.79. The predicted molar refractivity (Wildman–Crippen MR) is 100 cm³/mol. The Hall–Kier alpha value is -3.31. The van der Waals surface area contributed by atoms with Crippen molar-refractivity contribution in [3.8, 4) is 0 Å². The summed E-state index contributed by atoms with van der Waals surface area (Å²) in [5, 5.41) is 11.9. The number of nitrogens with one attached hydrogen (secondary N) is 2. The smallest absolute Gasteiger partial charge is 0.330 e. The van der Waals surface area contributed by atoms with Crippen LogP contribution in [0.4, 0.5) is 4.39 Å². The molecule has 0 spiro atoms. The lowest BCUT2D eigenvalue weighted by atomic mass is 10.2. The van der Waals surface area contributed by atoms with Gasteiger partial charge in [0.25, 0.3) is 11.5 Å². The number of aromatic amines is 1. The molecule has 0 radical (unpaired) electrons. The fraction of sp³-hybridized carbons (Fsp3) is 0.368. The highest BCUT2D eigenvalue weighted by Crippen LogP contribution is 2.29. The van der Waals surface area contributed by atoms with Gasteiger partial charge in [-0.05, 0) is 17.7 Å². The standard InChI is InChI=1S/C19H20FN3O7/c1-10(25)29-14-6-16(30-15(14)9-24)23-8-13(18(27)22-19(23)28)17(26)21-7-11-2-4-12(20)5-3-11/h2-5,8,14-16,24H,6-7,9H2,1H3,(H,21,26)(H,22,27,28)/t14?,15-,16-/m1/s1. The number of hydrogen-bond donors (Lipinski definition) is 3. The number of nitrogens with zero attached hydrogens (tertiary/aromatic N) is 1. The molecular formula is C19H20FN3O7. The molecule has 3 N–H and O–H groups in total. The normalized spacial score (nSPS) is 20.7. The first-order valence-corrected chi connectivity index (χ1v) is 9.10. The van der Waals surface area contributed by atoms with Gasteiger partial charge in [0.2, 0.25) is 0 Å². The van der Waals surface area contributed by atoms with Gasteiger partial charge < -0.3 is 19.9 Å². The predicted octanol–water partition coefficient (Wildman–Crippen LogP) is -0.183. The molecule has 0 aliphatic carbocycles. The second-order valence-corrected chi connectivity index (χ2v) is 6.71. The van der Waals surface area contributed by atoms with Gasteiger partial charge in [-0.1, -0.05) is 12.1 Å². The molecule has 0 bridgehead atoms. The van der Waals surface area contributed by atoms with Crippen molar-refractivity contribution in [1.82, 2.24) is 14.9 Å². The molecule has 1 saturated heterocycles. The van der Waals surface area contributed by atoms with Gasteiger partial charge in [-0.3, -0.25) is 23.9 Å². The molecule has 1 amide bonds. The second kappa shape index (κ2) is 9.01. The Morgan fingerprint density at radius 3 is 2.67 bits per heavy atom. The highest BCUT2D eigenvalue weighted by Gasteiger charge is 2.38. The second-order valence-electron chi connectivity index (χ2n) is 6.71. The quantitative estimate of drug-likeness (QED) is 0.550. The molecule has 0 saturated carbocycles. The third-order valence-electron chi connectivity index (χ3n) is 4.57. The molecule has 1 aliphatic rings. The summed E-state index contributed by atoms with van der Waals surface area (Å²) < 4.78 is 24.6. The van der Waals surface area contributed by atoms with Gasteiger partial charge in [0.05, 0.1) is 6.61 Å². The van der Waals surface area contributed by atoms with E-state index in [0.29, 0.717) is 5.56 Å². The molecule has 2 aromatic rings. The van der Waals surface area contributed by atoms with Crippen LogP contribution in [0.25, 0.3) is 0 Å². The Bertz CT molecular complexity index is 1050. The summed E-state index contributed by atoms with van der Waals surface area (Å²) in [6.45, 7) is 0.799. The summed E-state index contributed by atoms with van der Waals surface area (Å²) in [6, 6.07) is 5.45. The number of ether oxygens (including phenoxy) is 2. The van der Waals surface area contributed by atoms with Crippen LogP contribution >= 0.6 is 0 Å². The SMILES string of the molecule is CC(=O)OC1C[C@H](n2cc(C(=O)NCc3ccc(F)cc3)c(=O)[nH]c2=O)O[C@@H]1CO. The van der Waals surface area contributed by atoms with Crippen LogP contribution in [0.2, 0.25) is 0 Å². The van der Waals surface area contributed by atoms with E-state index >= 15 is 0 Å². The minimum atomic E-state index is -0.959. The molecule has 30 heavy (non-hydrogen) atoms. The van der Waals surface area contributed by atoms with Crippen LogP contribution in [0.3, 0.4) is 0 Å². The number of benzene rings is 1. The van der Waals surface area contributed by atoms with Crippen molar-refractivity contribution < 1.29 is 28.6 Å². The number of H-pyrrole nitrogens is 1. The topological polar surface area (TPSA) is 140 Å². The van der Waals surface area contributed by atoms with Gasteiger partial charge in [0.1, 0.15) is 29.8 Å². The van der Waals surface area contributed by atoms with E-state index in [2.05, 4.69) is 10.3 Å². The number of aliphatic hydroxyl groups is 1. The Morgan fingerprint density at radius 1 is 1.33 bits per heavy atom. The molecule has 1 fully saturated rings. The van der Waals surface area contributed by atoms with E-state index in [4.69, 9.17) is 9.47 Å². The lowest BCUT2D eigenvalue weighted by Crippen LogP contribution is -2.38. The van der Waals surface area contributed by atoms with Crippen LogP contribution in [0.15, 0.2) is 40.1 Å².